The lowest BCUT2D eigenvalue weighted by molar-refractivity contribution is -0.131. The second-order valence-electron chi connectivity index (χ2n) is 6.16. The molecule has 120 valence electrons. The van der Waals surface area contributed by atoms with E-state index >= 15 is 0 Å². The van der Waals surface area contributed by atoms with Crippen LogP contribution in [-0.4, -0.2) is 29.2 Å². The highest BCUT2D eigenvalue weighted by Crippen LogP contribution is 2.48. The number of amides is 1. The Balaban J connectivity index is 2.10. The molecular weight excluding hydrogens is 333 g/mol. The van der Waals surface area contributed by atoms with Gasteiger partial charge in [0.25, 0.3) is 0 Å². The average molecular weight is 350 g/mol. The van der Waals surface area contributed by atoms with E-state index in [4.69, 9.17) is 23.2 Å². The van der Waals surface area contributed by atoms with E-state index < -0.39 is 11.5 Å². The molecule has 5 heteroatoms. The van der Waals surface area contributed by atoms with Gasteiger partial charge in [-0.1, -0.05) is 42.0 Å². The van der Waals surface area contributed by atoms with Gasteiger partial charge in [0, 0.05) is 28.2 Å². The van der Waals surface area contributed by atoms with E-state index in [2.05, 4.69) is 11.8 Å². The molecule has 1 aromatic rings. The summed E-state index contributed by atoms with van der Waals surface area (Å²) in [5.41, 5.74) is 0.421. The Kier molecular flexibility index (Phi) is 4.16. The molecule has 1 aliphatic heterocycles. The SMILES string of the molecule is CC#Cc1cc(Cl)c(C2C(=O)N(C)C3(CCCC3)C2=O)c(Cl)c1. The molecule has 23 heavy (non-hydrogen) atoms. The van der Waals surface area contributed by atoms with Gasteiger partial charge in [-0.3, -0.25) is 9.59 Å². The van der Waals surface area contributed by atoms with Crippen LogP contribution in [0.2, 0.25) is 10.0 Å². The monoisotopic (exact) mass is 349 g/mol. The second kappa shape index (κ2) is 5.85. The molecule has 3 nitrogen and oxygen atoms in total. The fourth-order valence-electron chi connectivity index (χ4n) is 3.82. The van der Waals surface area contributed by atoms with Crippen LogP contribution in [0, 0.1) is 11.8 Å². The number of likely N-dealkylation sites (N-methyl/N-ethyl adjacent to an activating group) is 1. The Bertz CT molecular complexity index is 731. The molecule has 1 heterocycles. The van der Waals surface area contributed by atoms with E-state index in [-0.39, 0.29) is 11.7 Å². The number of Topliss-reactive ketones (excluding diaryl/α,β-unsaturated/α-hetero) is 1. The highest BCUT2D eigenvalue weighted by atomic mass is 35.5. The molecule has 1 unspecified atom stereocenters. The third kappa shape index (κ3) is 2.36. The minimum absolute atomic E-state index is 0.0689. The van der Waals surface area contributed by atoms with Gasteiger partial charge in [-0.2, -0.15) is 0 Å². The molecule has 1 aliphatic carbocycles. The zero-order chi connectivity index (χ0) is 16.8. The summed E-state index contributed by atoms with van der Waals surface area (Å²) < 4.78 is 0. The lowest BCUT2D eigenvalue weighted by atomic mass is 9.85. The van der Waals surface area contributed by atoms with Gasteiger partial charge in [-0.05, 0) is 31.9 Å². The molecule has 1 amide bonds. The first-order chi connectivity index (χ1) is 10.9. The van der Waals surface area contributed by atoms with Crippen LogP contribution in [0.5, 0.6) is 0 Å². The van der Waals surface area contributed by atoms with E-state index in [1.54, 1.807) is 31.0 Å². The van der Waals surface area contributed by atoms with Gasteiger partial charge < -0.3 is 4.90 Å². The van der Waals surface area contributed by atoms with Gasteiger partial charge >= 0.3 is 0 Å². The second-order valence-corrected chi connectivity index (χ2v) is 6.98. The van der Waals surface area contributed by atoms with Crippen LogP contribution in [0.25, 0.3) is 0 Å². The topological polar surface area (TPSA) is 37.4 Å². The van der Waals surface area contributed by atoms with Crippen LogP contribution in [0.1, 0.15) is 49.7 Å². The van der Waals surface area contributed by atoms with Crippen LogP contribution in [0.4, 0.5) is 0 Å². The number of hydrogen-bond acceptors (Lipinski definition) is 2. The first-order valence-corrected chi connectivity index (χ1v) is 8.41. The van der Waals surface area contributed by atoms with Gasteiger partial charge in [0.15, 0.2) is 5.78 Å². The average Bonchev–Trinajstić information content (AvgIpc) is 3.05. The van der Waals surface area contributed by atoms with E-state index in [1.165, 1.54) is 0 Å². The maximum atomic E-state index is 13.1. The summed E-state index contributed by atoms with van der Waals surface area (Å²) >= 11 is 12.7. The van der Waals surface area contributed by atoms with Crippen LogP contribution >= 0.6 is 23.2 Å². The smallest absolute Gasteiger partial charge is 0.238 e. The maximum absolute atomic E-state index is 13.1. The van der Waals surface area contributed by atoms with Crippen LogP contribution in [-0.2, 0) is 9.59 Å². The Morgan fingerprint density at radius 2 is 1.74 bits per heavy atom. The molecule has 0 N–H and O–H groups in total. The van der Waals surface area contributed by atoms with Gasteiger partial charge in [0.1, 0.15) is 11.5 Å². The Morgan fingerprint density at radius 1 is 1.17 bits per heavy atom. The van der Waals surface area contributed by atoms with Gasteiger partial charge in [-0.25, -0.2) is 0 Å². The Hall–Kier alpha value is -1.50. The normalized spacial score (nSPS) is 22.6. The van der Waals surface area contributed by atoms with Crippen LogP contribution in [0.3, 0.4) is 0 Å². The molecule has 0 aromatic heterocycles. The highest BCUT2D eigenvalue weighted by Gasteiger charge is 2.58. The molecule has 2 aliphatic rings. The van der Waals surface area contributed by atoms with E-state index in [1.807, 2.05) is 0 Å². The molecule has 3 rings (SSSR count). The Morgan fingerprint density at radius 3 is 2.26 bits per heavy atom. The van der Waals surface area contributed by atoms with Crippen LogP contribution < -0.4 is 0 Å². The fourth-order valence-corrected chi connectivity index (χ4v) is 4.53. The molecule has 1 aromatic carbocycles. The maximum Gasteiger partial charge on any atom is 0.238 e. The third-order valence-electron chi connectivity index (χ3n) is 5.01. The minimum atomic E-state index is -0.901. The third-order valence-corrected chi connectivity index (χ3v) is 5.63. The van der Waals surface area contributed by atoms with E-state index in [0.29, 0.717) is 21.2 Å². The summed E-state index contributed by atoms with van der Waals surface area (Å²) in [7, 11) is 1.71. The number of carbonyl (C=O) groups excluding carboxylic acids is 2. The molecule has 0 bridgehead atoms. The quantitative estimate of drug-likeness (QED) is 0.571. The lowest BCUT2D eigenvalue weighted by Crippen LogP contribution is -2.44. The van der Waals surface area contributed by atoms with E-state index in [0.717, 1.165) is 25.7 Å². The number of benzene rings is 1. The number of halogens is 2. The number of hydrogen-bond donors (Lipinski definition) is 0. The standard InChI is InChI=1S/C18H17Cl2NO2/c1-3-6-11-9-12(19)14(13(20)10-11)15-16(22)18(7-4-5-8-18)21(2)17(15)23/h9-10,15H,4-5,7-8H2,1-2H3. The van der Waals surface area contributed by atoms with E-state index in [9.17, 15) is 9.59 Å². The predicted octanol–water partition coefficient (Wildman–Crippen LogP) is 3.80. The largest absolute Gasteiger partial charge is 0.332 e. The predicted molar refractivity (Wildman–Crippen MR) is 90.7 cm³/mol. The minimum Gasteiger partial charge on any atom is -0.332 e. The lowest BCUT2D eigenvalue weighted by Gasteiger charge is -2.29. The summed E-state index contributed by atoms with van der Waals surface area (Å²) in [5.74, 6) is 4.49. The summed E-state index contributed by atoms with van der Waals surface area (Å²) in [6.45, 7) is 1.72. The molecular formula is C18H17Cl2NO2. The molecule has 1 atom stereocenters. The van der Waals surface area contributed by atoms with Gasteiger partial charge in [-0.15, -0.1) is 5.92 Å². The van der Waals surface area contributed by atoms with Crippen molar-refractivity contribution in [3.05, 3.63) is 33.3 Å². The summed E-state index contributed by atoms with van der Waals surface area (Å²) in [5, 5.41) is 0.649. The first kappa shape index (κ1) is 16.4. The number of rotatable bonds is 1. The number of carbonyl (C=O) groups is 2. The number of nitrogens with zero attached hydrogens (tertiary/aromatic N) is 1. The van der Waals surface area contributed by atoms with Crippen molar-refractivity contribution >= 4 is 34.9 Å². The number of likely N-dealkylation sites (tertiary alicyclic amines) is 1. The van der Waals surface area contributed by atoms with Crippen molar-refractivity contribution in [1.82, 2.24) is 4.90 Å². The summed E-state index contributed by atoms with van der Waals surface area (Å²) in [6.07, 6.45) is 3.36. The van der Waals surface area contributed by atoms with Crippen LogP contribution in [0.15, 0.2) is 12.1 Å². The zero-order valence-electron chi connectivity index (χ0n) is 13.1. The molecule has 1 saturated carbocycles. The highest BCUT2D eigenvalue weighted by molar-refractivity contribution is 6.38. The fraction of sp³-hybridized carbons (Fsp3) is 0.444. The van der Waals surface area contributed by atoms with Gasteiger partial charge in [0.2, 0.25) is 5.91 Å². The van der Waals surface area contributed by atoms with Crippen molar-refractivity contribution in [2.75, 3.05) is 7.05 Å². The van der Waals surface area contributed by atoms with Crippen molar-refractivity contribution in [2.24, 2.45) is 0 Å². The zero-order valence-corrected chi connectivity index (χ0v) is 14.6. The summed E-state index contributed by atoms with van der Waals surface area (Å²) in [6, 6.07) is 3.33. The van der Waals surface area contributed by atoms with Crippen molar-refractivity contribution in [3.8, 4) is 11.8 Å². The Labute approximate surface area is 145 Å². The van der Waals surface area contributed by atoms with Crippen molar-refractivity contribution in [2.45, 2.75) is 44.1 Å². The van der Waals surface area contributed by atoms with Crippen molar-refractivity contribution in [3.63, 3.8) is 0 Å². The summed E-state index contributed by atoms with van der Waals surface area (Å²) in [4.78, 5) is 27.4. The molecule has 1 spiro atoms. The molecule has 1 saturated heterocycles. The van der Waals surface area contributed by atoms with Gasteiger partial charge in [0.05, 0.1) is 0 Å². The van der Waals surface area contributed by atoms with Crippen molar-refractivity contribution < 1.29 is 9.59 Å². The molecule has 2 fully saturated rings. The first-order valence-electron chi connectivity index (χ1n) is 7.66. The van der Waals surface area contributed by atoms with Crippen molar-refractivity contribution in [1.29, 1.82) is 0 Å². The molecule has 0 radical (unpaired) electrons. The number of ketones is 1.